The van der Waals surface area contributed by atoms with E-state index in [9.17, 15) is 5.11 Å². The highest BCUT2D eigenvalue weighted by Gasteiger charge is 2.14. The van der Waals surface area contributed by atoms with Gasteiger partial charge in [-0.05, 0) is 44.0 Å². The molecule has 1 aromatic carbocycles. The van der Waals surface area contributed by atoms with Gasteiger partial charge in [-0.25, -0.2) is 0 Å². The van der Waals surface area contributed by atoms with E-state index in [1.165, 1.54) is 0 Å². The van der Waals surface area contributed by atoms with Crippen molar-refractivity contribution >= 4 is 5.69 Å². The van der Waals surface area contributed by atoms with Gasteiger partial charge in [-0.15, -0.1) is 0 Å². The molecule has 0 aliphatic carbocycles. The van der Waals surface area contributed by atoms with Gasteiger partial charge >= 0.3 is 0 Å². The molecule has 18 heavy (non-hydrogen) atoms. The molecule has 4 heteroatoms. The summed E-state index contributed by atoms with van der Waals surface area (Å²) in [6.45, 7) is 4.72. The Labute approximate surface area is 109 Å². The van der Waals surface area contributed by atoms with Gasteiger partial charge in [-0.2, -0.15) is 0 Å². The van der Waals surface area contributed by atoms with Crippen LogP contribution in [0.2, 0.25) is 0 Å². The summed E-state index contributed by atoms with van der Waals surface area (Å²) in [4.78, 5) is 1.99. The van der Waals surface area contributed by atoms with Crippen molar-refractivity contribution in [1.29, 1.82) is 0 Å². The monoisotopic (exact) mass is 253 g/mol. The number of hydrogen-bond donors (Lipinski definition) is 2. The first-order valence-electron chi connectivity index (χ1n) is 6.32. The van der Waals surface area contributed by atoms with Crippen molar-refractivity contribution in [3.8, 4) is 5.75 Å². The standard InChI is InChI=1S/C14H23NO3/c1-4-18-14-6-5-12(9-11(14)2)15(3)13(10-17)7-8-16/h5-6,9,13,16-17H,4,7-8,10H2,1-3H3. The van der Waals surface area contributed by atoms with Crippen LogP contribution in [0.3, 0.4) is 0 Å². The lowest BCUT2D eigenvalue weighted by molar-refractivity contribution is 0.218. The Balaban J connectivity index is 2.85. The minimum absolute atomic E-state index is 0.0311. The number of nitrogens with zero attached hydrogens (tertiary/aromatic N) is 1. The second-order valence-electron chi connectivity index (χ2n) is 4.34. The number of benzene rings is 1. The van der Waals surface area contributed by atoms with Crippen LogP contribution in [0.25, 0.3) is 0 Å². The molecule has 2 N–H and O–H groups in total. The smallest absolute Gasteiger partial charge is 0.122 e. The van der Waals surface area contributed by atoms with E-state index in [0.717, 1.165) is 17.0 Å². The van der Waals surface area contributed by atoms with Crippen molar-refractivity contribution in [2.75, 3.05) is 31.8 Å². The largest absolute Gasteiger partial charge is 0.494 e. The molecule has 4 nitrogen and oxygen atoms in total. The van der Waals surface area contributed by atoms with Gasteiger partial charge in [0.2, 0.25) is 0 Å². The van der Waals surface area contributed by atoms with Gasteiger partial charge < -0.3 is 19.8 Å². The van der Waals surface area contributed by atoms with Crippen LogP contribution in [-0.2, 0) is 0 Å². The van der Waals surface area contributed by atoms with E-state index in [-0.39, 0.29) is 19.3 Å². The number of hydrogen-bond acceptors (Lipinski definition) is 4. The molecule has 0 bridgehead atoms. The van der Waals surface area contributed by atoms with Crippen LogP contribution >= 0.6 is 0 Å². The van der Waals surface area contributed by atoms with Crippen molar-refractivity contribution in [2.24, 2.45) is 0 Å². The maximum Gasteiger partial charge on any atom is 0.122 e. The Hall–Kier alpha value is -1.26. The average molecular weight is 253 g/mol. The average Bonchev–Trinajstić information content (AvgIpc) is 2.37. The Morgan fingerprint density at radius 3 is 2.56 bits per heavy atom. The minimum Gasteiger partial charge on any atom is -0.494 e. The summed E-state index contributed by atoms with van der Waals surface area (Å²) >= 11 is 0. The molecule has 0 fully saturated rings. The number of aliphatic hydroxyl groups excluding tert-OH is 2. The molecule has 0 spiro atoms. The first kappa shape index (κ1) is 14.8. The molecule has 0 amide bonds. The van der Waals surface area contributed by atoms with Gasteiger partial charge in [0.25, 0.3) is 0 Å². The van der Waals surface area contributed by atoms with Gasteiger partial charge in [-0.1, -0.05) is 0 Å². The summed E-state index contributed by atoms with van der Waals surface area (Å²) in [5.41, 5.74) is 2.09. The fourth-order valence-corrected chi connectivity index (χ4v) is 1.94. The molecular weight excluding hydrogens is 230 g/mol. The maximum absolute atomic E-state index is 9.32. The van der Waals surface area contributed by atoms with Gasteiger partial charge in [0, 0.05) is 19.3 Å². The van der Waals surface area contributed by atoms with E-state index in [2.05, 4.69) is 0 Å². The summed E-state index contributed by atoms with van der Waals surface area (Å²) in [5.74, 6) is 0.886. The summed E-state index contributed by atoms with van der Waals surface area (Å²) in [5, 5.41) is 18.3. The van der Waals surface area contributed by atoms with Crippen molar-refractivity contribution in [2.45, 2.75) is 26.3 Å². The molecule has 0 aromatic heterocycles. The molecule has 0 aliphatic heterocycles. The summed E-state index contributed by atoms with van der Waals surface area (Å²) in [7, 11) is 1.92. The van der Waals surface area contributed by atoms with Gasteiger partial charge in [0.15, 0.2) is 0 Å². The van der Waals surface area contributed by atoms with Crippen LogP contribution in [0.4, 0.5) is 5.69 Å². The van der Waals surface area contributed by atoms with E-state index < -0.39 is 0 Å². The second-order valence-corrected chi connectivity index (χ2v) is 4.34. The van der Waals surface area contributed by atoms with E-state index in [1.807, 2.05) is 44.0 Å². The Bertz CT molecular complexity index is 368. The third-order valence-corrected chi connectivity index (χ3v) is 3.09. The van der Waals surface area contributed by atoms with Gasteiger partial charge in [-0.3, -0.25) is 0 Å². The number of aryl methyl sites for hydroxylation is 1. The van der Waals surface area contributed by atoms with Gasteiger partial charge in [0.05, 0.1) is 19.3 Å². The van der Waals surface area contributed by atoms with Crippen LogP contribution in [0, 0.1) is 6.92 Å². The zero-order valence-corrected chi connectivity index (χ0v) is 11.4. The topological polar surface area (TPSA) is 52.9 Å². The number of ether oxygens (including phenoxy) is 1. The molecule has 102 valence electrons. The molecule has 1 rings (SSSR count). The molecule has 0 radical (unpaired) electrons. The number of likely N-dealkylation sites (N-methyl/N-ethyl adjacent to an activating group) is 1. The highest BCUT2D eigenvalue weighted by Crippen LogP contribution is 2.25. The van der Waals surface area contributed by atoms with Crippen molar-refractivity contribution in [3.05, 3.63) is 23.8 Å². The van der Waals surface area contributed by atoms with E-state index >= 15 is 0 Å². The Morgan fingerprint density at radius 1 is 1.33 bits per heavy atom. The minimum atomic E-state index is -0.0626. The van der Waals surface area contributed by atoms with Crippen LogP contribution in [0.15, 0.2) is 18.2 Å². The molecule has 0 aliphatic rings. The predicted octanol–water partition coefficient (Wildman–Crippen LogP) is 1.57. The highest BCUT2D eigenvalue weighted by molar-refractivity contribution is 5.53. The Morgan fingerprint density at radius 2 is 2.06 bits per heavy atom. The van der Waals surface area contributed by atoms with Gasteiger partial charge in [0.1, 0.15) is 5.75 Å². The van der Waals surface area contributed by atoms with Crippen LogP contribution in [0.1, 0.15) is 18.9 Å². The van der Waals surface area contributed by atoms with Crippen LogP contribution in [0.5, 0.6) is 5.75 Å². The SMILES string of the molecule is CCOc1ccc(N(C)C(CO)CCO)cc1C. The van der Waals surface area contributed by atoms with Crippen molar-refractivity contribution in [1.82, 2.24) is 0 Å². The second kappa shape index (κ2) is 7.24. The maximum atomic E-state index is 9.32. The number of aliphatic hydroxyl groups is 2. The molecule has 1 aromatic rings. The lowest BCUT2D eigenvalue weighted by Crippen LogP contribution is -2.35. The summed E-state index contributed by atoms with van der Waals surface area (Å²) in [6.07, 6.45) is 0.555. The lowest BCUT2D eigenvalue weighted by Gasteiger charge is -2.28. The fourth-order valence-electron chi connectivity index (χ4n) is 1.94. The molecule has 0 saturated heterocycles. The van der Waals surface area contributed by atoms with Crippen molar-refractivity contribution < 1.29 is 14.9 Å². The molecule has 0 heterocycles. The third kappa shape index (κ3) is 3.62. The highest BCUT2D eigenvalue weighted by atomic mass is 16.5. The normalized spacial score (nSPS) is 12.3. The van der Waals surface area contributed by atoms with E-state index in [1.54, 1.807) is 0 Å². The lowest BCUT2D eigenvalue weighted by atomic mass is 10.1. The quantitative estimate of drug-likeness (QED) is 0.774. The third-order valence-electron chi connectivity index (χ3n) is 3.09. The molecule has 1 unspecified atom stereocenters. The van der Waals surface area contributed by atoms with Crippen LogP contribution < -0.4 is 9.64 Å². The zero-order chi connectivity index (χ0) is 13.5. The first-order chi connectivity index (χ1) is 8.63. The summed E-state index contributed by atoms with van der Waals surface area (Å²) in [6, 6.07) is 5.88. The first-order valence-corrected chi connectivity index (χ1v) is 6.32. The number of rotatable bonds is 7. The molecular formula is C14H23NO3. The zero-order valence-electron chi connectivity index (χ0n) is 11.4. The molecule has 0 saturated carbocycles. The van der Waals surface area contributed by atoms with E-state index in [4.69, 9.17) is 9.84 Å². The number of anilines is 1. The summed E-state index contributed by atoms with van der Waals surface area (Å²) < 4.78 is 5.50. The van der Waals surface area contributed by atoms with Crippen molar-refractivity contribution in [3.63, 3.8) is 0 Å². The van der Waals surface area contributed by atoms with E-state index in [0.29, 0.717) is 13.0 Å². The Kier molecular flexibility index (Phi) is 5.95. The molecule has 1 atom stereocenters. The van der Waals surface area contributed by atoms with Crippen LogP contribution in [-0.4, -0.2) is 43.1 Å². The predicted molar refractivity (Wildman–Crippen MR) is 73.3 cm³/mol. The fraction of sp³-hybridized carbons (Fsp3) is 0.571.